The zero-order chi connectivity index (χ0) is 18.2. The minimum Gasteiger partial charge on any atom is -0.377 e. The molecule has 0 radical (unpaired) electrons. The highest BCUT2D eigenvalue weighted by molar-refractivity contribution is 7.85. The standard InChI is InChI=1S/C14H28N2O6SSi/c1-14-12-15(8-5-6-10-23(17,18)19)13-16(14)9-7-11-24(20-2,21-3)22-4/h12-13H,5-11H2,1-4H3/p+1. The molecule has 1 aromatic rings. The van der Waals surface area contributed by atoms with Crippen molar-refractivity contribution in [3.63, 3.8) is 0 Å². The van der Waals surface area contributed by atoms with E-state index in [-0.39, 0.29) is 5.75 Å². The number of aryl methyl sites for hydroxylation is 3. The number of unbranched alkanes of at least 4 members (excludes halogenated alkanes) is 1. The fourth-order valence-electron chi connectivity index (χ4n) is 2.57. The van der Waals surface area contributed by atoms with E-state index in [1.165, 1.54) is 0 Å². The van der Waals surface area contributed by atoms with Gasteiger partial charge in [-0.05, 0) is 19.3 Å². The molecule has 10 heteroatoms. The molecule has 0 saturated heterocycles. The summed E-state index contributed by atoms with van der Waals surface area (Å²) in [5.41, 5.74) is 1.13. The van der Waals surface area contributed by atoms with E-state index in [4.69, 9.17) is 17.8 Å². The largest absolute Gasteiger partial charge is 0.500 e. The molecule has 24 heavy (non-hydrogen) atoms. The molecule has 0 fully saturated rings. The molecule has 0 atom stereocenters. The number of hydrogen-bond donors (Lipinski definition) is 1. The van der Waals surface area contributed by atoms with Crippen molar-refractivity contribution < 1.29 is 30.8 Å². The predicted octanol–water partition coefficient (Wildman–Crippen LogP) is 1.02. The Bertz CT molecular complexity index is 592. The van der Waals surface area contributed by atoms with Crippen LogP contribution in [0.15, 0.2) is 12.5 Å². The van der Waals surface area contributed by atoms with Gasteiger partial charge in [-0.15, -0.1) is 0 Å². The van der Waals surface area contributed by atoms with Crippen molar-refractivity contribution in [1.82, 2.24) is 4.57 Å². The summed E-state index contributed by atoms with van der Waals surface area (Å²) in [5, 5.41) is 0. The summed E-state index contributed by atoms with van der Waals surface area (Å²) in [4.78, 5) is 0. The Balaban J connectivity index is 2.46. The molecule has 1 heterocycles. The van der Waals surface area contributed by atoms with Crippen molar-refractivity contribution in [1.29, 1.82) is 0 Å². The SMILES string of the molecule is CO[Si](CCCn1c[n+](CCCCS(=O)(=O)O)cc1C)(OC)OC. The van der Waals surface area contributed by atoms with Crippen LogP contribution < -0.4 is 4.57 Å². The highest BCUT2D eigenvalue weighted by Crippen LogP contribution is 2.16. The molecule has 0 amide bonds. The number of imidazole rings is 1. The third kappa shape index (κ3) is 6.99. The zero-order valence-corrected chi connectivity index (χ0v) is 16.7. The van der Waals surface area contributed by atoms with Crippen LogP contribution in [-0.4, -0.2) is 53.4 Å². The van der Waals surface area contributed by atoms with E-state index in [2.05, 4.69) is 4.57 Å². The van der Waals surface area contributed by atoms with Crippen molar-refractivity contribution in [3.05, 3.63) is 18.2 Å². The van der Waals surface area contributed by atoms with Gasteiger partial charge in [0.05, 0.1) is 18.8 Å². The normalized spacial score (nSPS) is 12.7. The quantitative estimate of drug-likeness (QED) is 0.252. The van der Waals surface area contributed by atoms with E-state index in [1.807, 2.05) is 24.0 Å². The molecule has 1 N–H and O–H groups in total. The highest BCUT2D eigenvalue weighted by Gasteiger charge is 2.37. The first-order chi connectivity index (χ1) is 11.2. The Morgan fingerprint density at radius 1 is 1.17 bits per heavy atom. The van der Waals surface area contributed by atoms with Crippen molar-refractivity contribution >= 4 is 18.9 Å². The average molecular weight is 382 g/mol. The van der Waals surface area contributed by atoms with Crippen LogP contribution >= 0.6 is 0 Å². The minimum absolute atomic E-state index is 0.189. The average Bonchev–Trinajstić information content (AvgIpc) is 2.88. The van der Waals surface area contributed by atoms with Gasteiger partial charge in [0, 0.05) is 34.3 Å². The second kappa shape index (κ2) is 9.64. The maximum Gasteiger partial charge on any atom is 0.500 e. The monoisotopic (exact) mass is 381 g/mol. The Morgan fingerprint density at radius 3 is 2.33 bits per heavy atom. The number of nitrogens with zero attached hydrogens (tertiary/aromatic N) is 2. The highest BCUT2D eigenvalue weighted by atomic mass is 32.2. The zero-order valence-electron chi connectivity index (χ0n) is 14.9. The second-order valence-electron chi connectivity index (χ2n) is 5.71. The molecule has 0 aliphatic rings. The van der Waals surface area contributed by atoms with Crippen molar-refractivity contribution in [2.75, 3.05) is 27.1 Å². The topological polar surface area (TPSA) is 90.9 Å². The minimum atomic E-state index is -3.86. The van der Waals surface area contributed by atoms with Crippen molar-refractivity contribution in [3.8, 4) is 0 Å². The molecule has 0 spiro atoms. The van der Waals surface area contributed by atoms with Gasteiger partial charge in [-0.3, -0.25) is 4.55 Å². The summed E-state index contributed by atoms with van der Waals surface area (Å²) >= 11 is 0. The van der Waals surface area contributed by atoms with E-state index < -0.39 is 18.9 Å². The van der Waals surface area contributed by atoms with Gasteiger partial charge < -0.3 is 13.3 Å². The van der Waals surface area contributed by atoms with Gasteiger partial charge in [-0.1, -0.05) is 0 Å². The maximum absolute atomic E-state index is 10.7. The summed E-state index contributed by atoms with van der Waals surface area (Å²) in [6.07, 6.45) is 6.06. The molecule has 0 unspecified atom stereocenters. The summed E-state index contributed by atoms with van der Waals surface area (Å²) in [6, 6.07) is 0.739. The molecule has 1 rings (SSSR count). The van der Waals surface area contributed by atoms with Crippen molar-refractivity contribution in [2.24, 2.45) is 0 Å². The van der Waals surface area contributed by atoms with E-state index in [0.29, 0.717) is 12.8 Å². The van der Waals surface area contributed by atoms with Gasteiger partial charge in [-0.25, -0.2) is 9.13 Å². The van der Waals surface area contributed by atoms with Crippen LogP contribution in [0.1, 0.15) is 25.0 Å². The number of hydrogen-bond acceptors (Lipinski definition) is 5. The molecule has 0 bridgehead atoms. The lowest BCUT2D eigenvalue weighted by Crippen LogP contribution is -2.42. The molecule has 1 aromatic heterocycles. The van der Waals surface area contributed by atoms with Gasteiger partial charge in [0.25, 0.3) is 10.1 Å². The molecule has 0 aromatic carbocycles. The van der Waals surface area contributed by atoms with Crippen LogP contribution in [0.4, 0.5) is 0 Å². The first-order valence-electron chi connectivity index (χ1n) is 7.91. The molecular weight excluding hydrogens is 352 g/mol. The lowest BCUT2D eigenvalue weighted by Gasteiger charge is -2.23. The van der Waals surface area contributed by atoms with E-state index in [1.54, 1.807) is 21.3 Å². The summed E-state index contributed by atoms with van der Waals surface area (Å²) in [7, 11) is -1.55. The smallest absolute Gasteiger partial charge is 0.377 e. The molecule has 140 valence electrons. The van der Waals surface area contributed by atoms with Crippen LogP contribution in [0.2, 0.25) is 6.04 Å². The van der Waals surface area contributed by atoms with E-state index in [9.17, 15) is 8.42 Å². The van der Waals surface area contributed by atoms with Gasteiger partial charge in [-0.2, -0.15) is 8.42 Å². The fraction of sp³-hybridized carbons (Fsp3) is 0.786. The van der Waals surface area contributed by atoms with Crippen LogP contribution in [0.3, 0.4) is 0 Å². The Kier molecular flexibility index (Phi) is 8.54. The summed E-state index contributed by atoms with van der Waals surface area (Å²) < 4.78 is 50.5. The molecule has 0 saturated carbocycles. The summed E-state index contributed by atoms with van der Waals surface area (Å²) in [6.45, 7) is 3.58. The van der Waals surface area contributed by atoms with Gasteiger partial charge in [0.2, 0.25) is 6.33 Å². The van der Waals surface area contributed by atoms with Crippen LogP contribution in [-0.2, 0) is 36.5 Å². The predicted molar refractivity (Wildman–Crippen MR) is 91.2 cm³/mol. The molecule has 0 aliphatic carbocycles. The van der Waals surface area contributed by atoms with Crippen LogP contribution in [0.25, 0.3) is 0 Å². The van der Waals surface area contributed by atoms with E-state index in [0.717, 1.165) is 31.2 Å². The van der Waals surface area contributed by atoms with Crippen LogP contribution in [0.5, 0.6) is 0 Å². The molecular formula is C14H29N2O6SSi+. The van der Waals surface area contributed by atoms with Crippen LogP contribution in [0, 0.1) is 6.92 Å². The van der Waals surface area contributed by atoms with Gasteiger partial charge in [0.15, 0.2) is 0 Å². The van der Waals surface area contributed by atoms with Gasteiger partial charge >= 0.3 is 8.80 Å². The van der Waals surface area contributed by atoms with Crippen molar-refractivity contribution in [2.45, 2.75) is 45.3 Å². The number of rotatable bonds is 12. The Hall–Kier alpha value is -0.783. The van der Waals surface area contributed by atoms with E-state index >= 15 is 0 Å². The molecule has 8 nitrogen and oxygen atoms in total. The number of aromatic nitrogens is 2. The van der Waals surface area contributed by atoms with Gasteiger partial charge in [0.1, 0.15) is 11.9 Å². The second-order valence-corrected chi connectivity index (χ2v) is 10.4. The first-order valence-corrected chi connectivity index (χ1v) is 11.5. The molecule has 0 aliphatic heterocycles. The maximum atomic E-state index is 10.7. The third-order valence-electron chi connectivity index (χ3n) is 3.98. The third-order valence-corrected chi connectivity index (χ3v) is 7.61. The Labute approximate surface area is 145 Å². The lowest BCUT2D eigenvalue weighted by molar-refractivity contribution is -0.697. The Morgan fingerprint density at radius 2 is 1.79 bits per heavy atom. The summed E-state index contributed by atoms with van der Waals surface area (Å²) in [5.74, 6) is -0.189. The fourth-order valence-corrected chi connectivity index (χ4v) is 4.85. The lowest BCUT2D eigenvalue weighted by atomic mass is 10.3. The first kappa shape index (κ1) is 21.3.